The van der Waals surface area contributed by atoms with Crippen molar-refractivity contribution in [2.24, 2.45) is 34.5 Å². The Morgan fingerprint density at radius 3 is 1.53 bits per heavy atom. The van der Waals surface area contributed by atoms with Crippen LogP contribution in [0.5, 0.6) is 0 Å². The lowest BCUT2D eigenvalue weighted by Crippen LogP contribution is -2.32. The van der Waals surface area contributed by atoms with Gasteiger partial charge in [0.05, 0.1) is 0 Å². The topological polar surface area (TPSA) is 74.6 Å². The number of hydrogen-bond donors (Lipinski definition) is 2. The molecule has 34 heavy (non-hydrogen) atoms. The van der Waals surface area contributed by atoms with Crippen molar-refractivity contribution >= 4 is 11.6 Å². The lowest BCUT2D eigenvalue weighted by molar-refractivity contribution is -0.132. The van der Waals surface area contributed by atoms with Gasteiger partial charge in [-0.15, -0.1) is 0 Å². The minimum absolute atomic E-state index is 0.00238. The first kappa shape index (κ1) is 29.5. The van der Waals surface area contributed by atoms with Crippen LogP contribution in [-0.4, -0.2) is 35.0 Å². The van der Waals surface area contributed by atoms with Crippen LogP contribution in [0.3, 0.4) is 0 Å². The third-order valence-electron chi connectivity index (χ3n) is 9.09. The van der Waals surface area contributed by atoms with Crippen LogP contribution in [0.25, 0.3) is 0 Å². The molecule has 2 rings (SSSR count). The maximum Gasteiger partial charge on any atom is 0.139 e. The molecule has 0 aromatic rings. The number of Topliss-reactive ketones (excluding diaryl/α,β-unsaturated/α-hetero) is 2. The fourth-order valence-corrected chi connectivity index (χ4v) is 6.57. The number of hydrogen-bond acceptors (Lipinski definition) is 4. The molecule has 2 aliphatic carbocycles. The van der Waals surface area contributed by atoms with Crippen molar-refractivity contribution in [2.45, 2.75) is 130 Å². The molecule has 0 aromatic carbocycles. The van der Waals surface area contributed by atoms with Crippen LogP contribution in [0, 0.1) is 34.5 Å². The van der Waals surface area contributed by atoms with E-state index < -0.39 is 0 Å². The molecule has 0 spiro atoms. The summed E-state index contributed by atoms with van der Waals surface area (Å²) in [7, 11) is 0. The SMILES string of the molecule is CCCC(C)(CO)CCCC1CCCC(CCC2CCCC(CCCC(C)(C)CO)C2=O)C1=O. The molecule has 198 valence electrons. The number of carbonyl (C=O) groups is 2. The molecule has 0 aromatic heterocycles. The van der Waals surface area contributed by atoms with Gasteiger partial charge in [-0.25, -0.2) is 0 Å². The lowest BCUT2D eigenvalue weighted by Gasteiger charge is -2.32. The molecule has 2 aliphatic rings. The summed E-state index contributed by atoms with van der Waals surface area (Å²) >= 11 is 0. The van der Waals surface area contributed by atoms with Gasteiger partial charge in [0.15, 0.2) is 0 Å². The van der Waals surface area contributed by atoms with Crippen molar-refractivity contribution in [3.05, 3.63) is 0 Å². The minimum Gasteiger partial charge on any atom is -0.396 e. The Hall–Kier alpha value is -0.740. The van der Waals surface area contributed by atoms with Crippen molar-refractivity contribution < 1.29 is 19.8 Å². The van der Waals surface area contributed by atoms with Crippen LogP contribution >= 0.6 is 0 Å². The third-order valence-corrected chi connectivity index (χ3v) is 9.09. The van der Waals surface area contributed by atoms with Crippen molar-refractivity contribution in [3.63, 3.8) is 0 Å². The molecule has 0 saturated heterocycles. The first-order chi connectivity index (χ1) is 16.1. The smallest absolute Gasteiger partial charge is 0.139 e. The van der Waals surface area contributed by atoms with Crippen LogP contribution in [0.2, 0.25) is 0 Å². The summed E-state index contributed by atoms with van der Waals surface area (Å²) < 4.78 is 0. The summed E-state index contributed by atoms with van der Waals surface area (Å²) in [5.74, 6) is 1.58. The standard InChI is InChI=1S/C30H54O4/c1-5-18-30(4,22-32)20-9-15-24-11-7-13-26(28(24)34)17-16-25-12-6-10-23(27(25)33)14-8-19-29(2,3)21-31/h23-26,31-32H,5-22H2,1-4H3. The zero-order valence-electron chi connectivity index (χ0n) is 22.7. The number of ketones is 2. The van der Waals surface area contributed by atoms with Gasteiger partial charge in [-0.05, 0) is 81.5 Å². The molecule has 4 nitrogen and oxygen atoms in total. The Labute approximate surface area is 209 Å². The first-order valence-electron chi connectivity index (χ1n) is 14.4. The number of rotatable bonds is 15. The molecule has 2 N–H and O–H groups in total. The fraction of sp³-hybridized carbons (Fsp3) is 0.933. The molecule has 0 amide bonds. The van der Waals surface area contributed by atoms with Crippen LogP contribution in [0.1, 0.15) is 130 Å². The molecule has 0 radical (unpaired) electrons. The van der Waals surface area contributed by atoms with Crippen LogP contribution in [0.4, 0.5) is 0 Å². The Morgan fingerprint density at radius 2 is 1.12 bits per heavy atom. The Balaban J connectivity index is 1.78. The van der Waals surface area contributed by atoms with E-state index >= 15 is 0 Å². The van der Waals surface area contributed by atoms with E-state index in [-0.39, 0.29) is 47.7 Å². The molecule has 5 atom stereocenters. The summed E-state index contributed by atoms with van der Waals surface area (Å²) in [5, 5.41) is 19.2. The molecule has 0 bridgehead atoms. The van der Waals surface area contributed by atoms with E-state index in [9.17, 15) is 19.8 Å². The van der Waals surface area contributed by atoms with E-state index in [4.69, 9.17) is 0 Å². The summed E-state index contributed by atoms with van der Waals surface area (Å²) in [6.07, 6.45) is 16.1. The van der Waals surface area contributed by atoms with Crippen molar-refractivity contribution in [2.75, 3.05) is 13.2 Å². The van der Waals surface area contributed by atoms with Gasteiger partial charge in [-0.1, -0.05) is 59.8 Å². The van der Waals surface area contributed by atoms with Crippen LogP contribution in [0.15, 0.2) is 0 Å². The van der Waals surface area contributed by atoms with Gasteiger partial charge in [0, 0.05) is 36.9 Å². The monoisotopic (exact) mass is 478 g/mol. The zero-order valence-corrected chi connectivity index (χ0v) is 22.7. The van der Waals surface area contributed by atoms with E-state index in [1.807, 2.05) is 0 Å². The third kappa shape index (κ3) is 9.04. The maximum absolute atomic E-state index is 13.2. The predicted molar refractivity (Wildman–Crippen MR) is 140 cm³/mol. The van der Waals surface area contributed by atoms with E-state index in [1.165, 1.54) is 0 Å². The maximum atomic E-state index is 13.2. The minimum atomic E-state index is -0.0538. The van der Waals surface area contributed by atoms with E-state index in [0.29, 0.717) is 11.6 Å². The average Bonchev–Trinajstić information content (AvgIpc) is 2.81. The average molecular weight is 479 g/mol. The highest BCUT2D eigenvalue weighted by atomic mass is 16.3. The lowest BCUT2D eigenvalue weighted by atomic mass is 9.71. The Bertz CT molecular complexity index is 627. The molecular weight excluding hydrogens is 424 g/mol. The second-order valence-electron chi connectivity index (χ2n) is 12.9. The number of aliphatic hydroxyl groups is 2. The number of aliphatic hydroxyl groups excluding tert-OH is 2. The largest absolute Gasteiger partial charge is 0.396 e. The molecule has 0 aliphatic heterocycles. The molecule has 2 saturated carbocycles. The Morgan fingerprint density at radius 1 is 0.676 bits per heavy atom. The summed E-state index contributed by atoms with van der Waals surface area (Å²) in [4.78, 5) is 26.3. The fourth-order valence-electron chi connectivity index (χ4n) is 6.57. The van der Waals surface area contributed by atoms with Gasteiger partial charge >= 0.3 is 0 Å². The molecular formula is C30H54O4. The van der Waals surface area contributed by atoms with E-state index in [0.717, 1.165) is 103 Å². The highest BCUT2D eigenvalue weighted by Crippen LogP contribution is 2.38. The highest BCUT2D eigenvalue weighted by Gasteiger charge is 2.35. The van der Waals surface area contributed by atoms with Gasteiger partial charge in [0.2, 0.25) is 0 Å². The highest BCUT2D eigenvalue weighted by molar-refractivity contribution is 5.85. The first-order valence-corrected chi connectivity index (χ1v) is 14.4. The van der Waals surface area contributed by atoms with Gasteiger partial charge in [0.25, 0.3) is 0 Å². The quantitative estimate of drug-likeness (QED) is 0.268. The van der Waals surface area contributed by atoms with Gasteiger partial charge in [-0.2, -0.15) is 0 Å². The summed E-state index contributed by atoms with van der Waals surface area (Å²) in [5.41, 5.74) is -0.0562. The van der Waals surface area contributed by atoms with Crippen molar-refractivity contribution in [3.8, 4) is 0 Å². The summed E-state index contributed by atoms with van der Waals surface area (Å²) in [6, 6.07) is 0. The molecule has 0 heterocycles. The van der Waals surface area contributed by atoms with Crippen molar-refractivity contribution in [1.82, 2.24) is 0 Å². The predicted octanol–water partition coefficient (Wildman–Crippen LogP) is 6.90. The van der Waals surface area contributed by atoms with Crippen LogP contribution < -0.4 is 0 Å². The Kier molecular flexibility index (Phi) is 12.2. The van der Waals surface area contributed by atoms with Gasteiger partial charge < -0.3 is 10.2 Å². The normalized spacial score (nSPS) is 28.2. The second-order valence-corrected chi connectivity index (χ2v) is 12.9. The van der Waals surface area contributed by atoms with Gasteiger partial charge in [-0.3, -0.25) is 9.59 Å². The summed E-state index contributed by atoms with van der Waals surface area (Å²) in [6.45, 7) is 8.94. The molecule has 4 heteroatoms. The number of carbonyl (C=O) groups excluding carboxylic acids is 2. The molecule has 2 fully saturated rings. The van der Waals surface area contributed by atoms with Crippen molar-refractivity contribution in [1.29, 1.82) is 0 Å². The van der Waals surface area contributed by atoms with Gasteiger partial charge in [0.1, 0.15) is 11.6 Å². The van der Waals surface area contributed by atoms with Crippen LogP contribution in [-0.2, 0) is 9.59 Å². The molecule has 5 unspecified atom stereocenters. The van der Waals surface area contributed by atoms with E-state index in [2.05, 4.69) is 27.7 Å². The van der Waals surface area contributed by atoms with E-state index in [1.54, 1.807) is 0 Å². The second kappa shape index (κ2) is 14.1. The zero-order chi connectivity index (χ0) is 25.2.